The lowest BCUT2D eigenvalue weighted by Crippen LogP contribution is -1.84. The monoisotopic (exact) mass is 477 g/mol. The summed E-state index contributed by atoms with van der Waals surface area (Å²) in [6.07, 6.45) is 48.4. The van der Waals surface area contributed by atoms with Gasteiger partial charge < -0.3 is 0 Å². The summed E-state index contributed by atoms with van der Waals surface area (Å²) in [6.45, 7) is 4.60. The predicted molar refractivity (Wildman–Crippen MR) is 159 cm³/mol. The molecule has 0 fully saturated rings. The lowest BCUT2D eigenvalue weighted by molar-refractivity contribution is 0.518. The van der Waals surface area contributed by atoms with Gasteiger partial charge in [-0.05, 0) is 25.7 Å². The molecule has 0 aromatic heterocycles. The van der Waals surface area contributed by atoms with Crippen molar-refractivity contribution in [2.75, 3.05) is 0 Å². The highest BCUT2D eigenvalue weighted by Gasteiger charge is 1.96. The molecule has 0 saturated carbocycles. The number of unbranched alkanes of at least 4 members (excludes halogenated alkanes) is 28. The van der Waals surface area contributed by atoms with Crippen LogP contribution in [0.1, 0.15) is 206 Å². The first-order chi connectivity index (χ1) is 16.9. The van der Waals surface area contributed by atoms with Crippen molar-refractivity contribution in [2.24, 2.45) is 0 Å². The zero-order valence-electron chi connectivity index (χ0n) is 24.4. The molecule has 0 heterocycles. The van der Waals surface area contributed by atoms with Crippen LogP contribution in [0, 0.1) is 0 Å². The van der Waals surface area contributed by atoms with E-state index in [0.29, 0.717) is 0 Å². The second-order valence-electron chi connectivity index (χ2n) is 11.2. The summed E-state index contributed by atoms with van der Waals surface area (Å²) in [7, 11) is 0. The van der Waals surface area contributed by atoms with Crippen LogP contribution in [0.3, 0.4) is 0 Å². The quantitative estimate of drug-likeness (QED) is 0.0714. The average Bonchev–Trinajstić information content (AvgIpc) is 2.85. The van der Waals surface area contributed by atoms with Crippen LogP contribution in [0.25, 0.3) is 0 Å². The Labute approximate surface area is 218 Å². The third-order valence-electron chi connectivity index (χ3n) is 7.62. The molecule has 0 aliphatic rings. The number of hydrogen-bond acceptors (Lipinski definition) is 0. The van der Waals surface area contributed by atoms with E-state index in [1.807, 2.05) is 0 Å². The van der Waals surface area contributed by atoms with Crippen molar-refractivity contribution in [3.05, 3.63) is 12.2 Å². The minimum atomic E-state index is 1.31. The highest BCUT2D eigenvalue weighted by atomic mass is 14.0. The lowest BCUT2D eigenvalue weighted by atomic mass is 10.0. The fraction of sp³-hybridized carbons (Fsp3) is 0.941. The third kappa shape index (κ3) is 31.7. The van der Waals surface area contributed by atoms with E-state index in [0.717, 1.165) is 0 Å². The maximum absolute atomic E-state index is 2.44. The maximum Gasteiger partial charge on any atom is -0.0351 e. The molecular weight excluding hydrogens is 408 g/mol. The molecule has 0 saturated heterocycles. The molecule has 0 rings (SSSR count). The summed E-state index contributed by atoms with van der Waals surface area (Å²) in [5, 5.41) is 0. The zero-order chi connectivity index (χ0) is 24.6. The maximum atomic E-state index is 2.44. The van der Waals surface area contributed by atoms with Gasteiger partial charge in [0.25, 0.3) is 0 Å². The van der Waals surface area contributed by atoms with Gasteiger partial charge in [-0.15, -0.1) is 0 Å². The molecule has 0 heteroatoms. The number of rotatable bonds is 30. The molecule has 204 valence electrons. The van der Waals surface area contributed by atoms with E-state index in [-0.39, 0.29) is 0 Å². The Bertz CT molecular complexity index is 355. The van der Waals surface area contributed by atoms with E-state index in [2.05, 4.69) is 26.0 Å². The molecule has 0 N–H and O–H groups in total. The van der Waals surface area contributed by atoms with Crippen molar-refractivity contribution < 1.29 is 0 Å². The minimum absolute atomic E-state index is 1.31. The van der Waals surface area contributed by atoms with Crippen LogP contribution in [0.2, 0.25) is 0 Å². The van der Waals surface area contributed by atoms with Gasteiger partial charge in [-0.1, -0.05) is 193 Å². The van der Waals surface area contributed by atoms with Crippen LogP contribution in [0.4, 0.5) is 0 Å². The highest BCUT2D eigenvalue weighted by molar-refractivity contribution is 4.81. The largest absolute Gasteiger partial charge is 0.0885 e. The van der Waals surface area contributed by atoms with Crippen LogP contribution in [0.5, 0.6) is 0 Å². The van der Waals surface area contributed by atoms with Gasteiger partial charge in [0.2, 0.25) is 0 Å². The van der Waals surface area contributed by atoms with Crippen molar-refractivity contribution in [1.82, 2.24) is 0 Å². The Hall–Kier alpha value is -0.260. The molecule has 0 amide bonds. The molecule has 0 nitrogen and oxygen atoms in total. The van der Waals surface area contributed by atoms with E-state index in [9.17, 15) is 0 Å². The first-order valence-electron chi connectivity index (χ1n) is 16.6. The molecule has 0 aliphatic carbocycles. The van der Waals surface area contributed by atoms with Gasteiger partial charge in [0.05, 0.1) is 0 Å². The topological polar surface area (TPSA) is 0 Å². The van der Waals surface area contributed by atoms with Crippen LogP contribution in [-0.4, -0.2) is 0 Å². The second kappa shape index (κ2) is 32.7. The Morgan fingerprint density at radius 3 is 0.618 bits per heavy atom. The van der Waals surface area contributed by atoms with Crippen LogP contribution < -0.4 is 0 Å². The second-order valence-corrected chi connectivity index (χ2v) is 11.2. The van der Waals surface area contributed by atoms with Gasteiger partial charge in [0.1, 0.15) is 0 Å². The Morgan fingerprint density at radius 2 is 0.412 bits per heavy atom. The van der Waals surface area contributed by atoms with E-state index in [1.165, 1.54) is 193 Å². The standard InChI is InChI=1S/C34H68/c1-3-5-7-9-11-13-15-17-19-21-23-25-27-29-31-33-34-32-30-28-26-24-22-20-18-16-14-12-10-8-6-4-2/h15,17H,3-14,16,18-34H2,1-2H3. The van der Waals surface area contributed by atoms with Crippen LogP contribution >= 0.6 is 0 Å². The molecule has 34 heavy (non-hydrogen) atoms. The fourth-order valence-electron chi connectivity index (χ4n) is 5.15. The molecule has 0 unspecified atom stereocenters. The average molecular weight is 477 g/mol. The minimum Gasteiger partial charge on any atom is -0.0885 e. The predicted octanol–water partition coefficient (Wildman–Crippen LogP) is 13.3. The highest BCUT2D eigenvalue weighted by Crippen LogP contribution is 2.15. The third-order valence-corrected chi connectivity index (χ3v) is 7.62. The van der Waals surface area contributed by atoms with Crippen LogP contribution in [0.15, 0.2) is 12.2 Å². The summed E-state index contributed by atoms with van der Waals surface area (Å²) in [5.41, 5.74) is 0. The SMILES string of the molecule is CCCCCCCC=CCCCCCCCCCCCCCCCCCCCCCCCCC. The number of hydrogen-bond donors (Lipinski definition) is 0. The summed E-state index contributed by atoms with van der Waals surface area (Å²) in [5.74, 6) is 0. The molecule has 0 atom stereocenters. The van der Waals surface area contributed by atoms with Crippen molar-refractivity contribution >= 4 is 0 Å². The Morgan fingerprint density at radius 1 is 0.235 bits per heavy atom. The lowest BCUT2D eigenvalue weighted by Gasteiger charge is -2.04. The molecule has 0 aliphatic heterocycles. The van der Waals surface area contributed by atoms with Crippen LogP contribution in [-0.2, 0) is 0 Å². The Balaban J connectivity index is 3.04. The first-order valence-corrected chi connectivity index (χ1v) is 16.6. The van der Waals surface area contributed by atoms with Gasteiger partial charge in [-0.3, -0.25) is 0 Å². The molecule has 0 bridgehead atoms. The Kier molecular flexibility index (Phi) is 32.5. The van der Waals surface area contributed by atoms with Gasteiger partial charge >= 0.3 is 0 Å². The zero-order valence-corrected chi connectivity index (χ0v) is 24.4. The van der Waals surface area contributed by atoms with Crippen molar-refractivity contribution in [3.8, 4) is 0 Å². The van der Waals surface area contributed by atoms with Crippen molar-refractivity contribution in [1.29, 1.82) is 0 Å². The van der Waals surface area contributed by atoms with Gasteiger partial charge in [-0.25, -0.2) is 0 Å². The van der Waals surface area contributed by atoms with Gasteiger partial charge in [0, 0.05) is 0 Å². The van der Waals surface area contributed by atoms with Gasteiger partial charge in [-0.2, -0.15) is 0 Å². The van der Waals surface area contributed by atoms with E-state index >= 15 is 0 Å². The summed E-state index contributed by atoms with van der Waals surface area (Å²) >= 11 is 0. The first kappa shape index (κ1) is 33.7. The summed E-state index contributed by atoms with van der Waals surface area (Å²) in [6, 6.07) is 0. The van der Waals surface area contributed by atoms with E-state index in [4.69, 9.17) is 0 Å². The molecule has 0 spiro atoms. The molecular formula is C34H68. The summed E-state index contributed by atoms with van der Waals surface area (Å²) < 4.78 is 0. The van der Waals surface area contributed by atoms with E-state index < -0.39 is 0 Å². The van der Waals surface area contributed by atoms with Gasteiger partial charge in [0.15, 0.2) is 0 Å². The smallest absolute Gasteiger partial charge is 0.0351 e. The number of allylic oxidation sites excluding steroid dienone is 2. The molecule has 0 radical (unpaired) electrons. The molecule has 0 aromatic rings. The fourth-order valence-corrected chi connectivity index (χ4v) is 5.15. The summed E-state index contributed by atoms with van der Waals surface area (Å²) in [4.78, 5) is 0. The van der Waals surface area contributed by atoms with Crippen molar-refractivity contribution in [3.63, 3.8) is 0 Å². The van der Waals surface area contributed by atoms with Crippen molar-refractivity contribution in [2.45, 2.75) is 206 Å². The molecule has 0 aromatic carbocycles. The normalized spacial score (nSPS) is 11.7. The van der Waals surface area contributed by atoms with E-state index in [1.54, 1.807) is 0 Å².